The molecule has 0 saturated heterocycles. The molecule has 0 unspecified atom stereocenters. The fourth-order valence-corrected chi connectivity index (χ4v) is 2.88. The predicted octanol–water partition coefficient (Wildman–Crippen LogP) is 4.68. The third kappa shape index (κ3) is 4.83. The van der Waals surface area contributed by atoms with Gasteiger partial charge in [-0.3, -0.25) is 0 Å². The van der Waals surface area contributed by atoms with E-state index in [0.717, 1.165) is 23.5 Å². The van der Waals surface area contributed by atoms with E-state index in [4.69, 9.17) is 0 Å². The van der Waals surface area contributed by atoms with E-state index in [-0.39, 0.29) is 11.3 Å². The van der Waals surface area contributed by atoms with Crippen molar-refractivity contribution in [1.29, 1.82) is 0 Å². The Morgan fingerprint density at radius 1 is 1.05 bits per heavy atom. The van der Waals surface area contributed by atoms with Crippen LogP contribution in [0.4, 0.5) is 8.78 Å². The molecule has 2 aromatic carbocycles. The number of hydrogen-bond donors (Lipinski definition) is 1. The topological polar surface area (TPSA) is 12.0 Å². The molecular weight excluding hydrogens is 288 g/mol. The second-order valence-corrected chi connectivity index (χ2v) is 5.84. The number of alkyl halides is 2. The molecule has 1 nitrogen and oxygen atoms in total. The molecule has 0 aliphatic carbocycles. The van der Waals surface area contributed by atoms with Gasteiger partial charge in [0.25, 0.3) is 5.92 Å². The fourth-order valence-electron chi connectivity index (χ4n) is 1.95. The summed E-state index contributed by atoms with van der Waals surface area (Å²) in [5, 5.41) is 3.23. The van der Waals surface area contributed by atoms with Gasteiger partial charge in [0.2, 0.25) is 0 Å². The Morgan fingerprint density at radius 3 is 2.52 bits per heavy atom. The van der Waals surface area contributed by atoms with Crippen LogP contribution in [0.5, 0.6) is 0 Å². The molecule has 0 amide bonds. The molecule has 0 saturated carbocycles. The van der Waals surface area contributed by atoms with E-state index in [1.165, 1.54) is 23.9 Å². The van der Waals surface area contributed by atoms with E-state index in [0.29, 0.717) is 0 Å². The van der Waals surface area contributed by atoms with Crippen LogP contribution in [-0.2, 0) is 12.5 Å². The lowest BCUT2D eigenvalue weighted by Gasteiger charge is -2.16. The summed E-state index contributed by atoms with van der Waals surface area (Å²) in [6, 6.07) is 15.7. The second kappa shape index (κ2) is 7.57. The normalized spacial score (nSPS) is 11.6. The Balaban J connectivity index is 1.99. The maximum atomic E-state index is 14.1. The summed E-state index contributed by atoms with van der Waals surface area (Å²) in [6.07, 6.45) is 0. The van der Waals surface area contributed by atoms with E-state index in [9.17, 15) is 8.78 Å². The molecule has 0 atom stereocenters. The molecule has 0 fully saturated rings. The summed E-state index contributed by atoms with van der Waals surface area (Å²) in [7, 11) is 0. The highest BCUT2D eigenvalue weighted by Gasteiger charge is 2.31. The lowest BCUT2D eigenvalue weighted by Crippen LogP contribution is -2.16. The average Bonchev–Trinajstić information content (AvgIpc) is 2.52. The predicted molar refractivity (Wildman–Crippen MR) is 84.9 cm³/mol. The van der Waals surface area contributed by atoms with Gasteiger partial charge < -0.3 is 5.32 Å². The van der Waals surface area contributed by atoms with Crippen molar-refractivity contribution in [2.45, 2.75) is 24.3 Å². The second-order valence-electron chi connectivity index (χ2n) is 4.79. The first-order valence-electron chi connectivity index (χ1n) is 6.97. The zero-order valence-corrected chi connectivity index (χ0v) is 12.8. The van der Waals surface area contributed by atoms with Crippen LogP contribution >= 0.6 is 11.8 Å². The highest BCUT2D eigenvalue weighted by atomic mass is 32.2. The van der Waals surface area contributed by atoms with Crippen molar-refractivity contribution in [1.82, 2.24) is 5.32 Å². The van der Waals surface area contributed by atoms with Gasteiger partial charge in [-0.15, -0.1) is 11.8 Å². The number of halogens is 2. The molecule has 21 heavy (non-hydrogen) atoms. The Kier molecular flexibility index (Phi) is 5.76. The largest absolute Gasteiger partial charge is 0.313 e. The Labute approximate surface area is 128 Å². The van der Waals surface area contributed by atoms with Crippen molar-refractivity contribution >= 4 is 11.8 Å². The van der Waals surface area contributed by atoms with Gasteiger partial charge in [0, 0.05) is 17.0 Å². The summed E-state index contributed by atoms with van der Waals surface area (Å²) in [5.41, 5.74) is 1.19. The lowest BCUT2D eigenvalue weighted by atomic mass is 10.1. The van der Waals surface area contributed by atoms with Crippen molar-refractivity contribution in [3.63, 3.8) is 0 Å². The molecule has 2 rings (SSSR count). The van der Waals surface area contributed by atoms with E-state index in [2.05, 4.69) is 5.32 Å². The summed E-state index contributed by atoms with van der Waals surface area (Å²) in [5.74, 6) is -3.06. The zero-order chi connectivity index (χ0) is 15.1. The standard InChI is InChI=1S/C17H19F2NS/c1-2-20-12-14-7-6-10-16(11-14)21-13-17(18,19)15-8-4-3-5-9-15/h3-11,20H,2,12-13H2,1H3. The SMILES string of the molecule is CCNCc1cccc(SCC(F)(F)c2ccccc2)c1. The van der Waals surface area contributed by atoms with E-state index in [1.807, 2.05) is 31.2 Å². The molecule has 0 aliphatic heterocycles. The van der Waals surface area contributed by atoms with E-state index >= 15 is 0 Å². The maximum Gasteiger partial charge on any atom is 0.282 e. The van der Waals surface area contributed by atoms with Crippen molar-refractivity contribution in [2.75, 3.05) is 12.3 Å². The van der Waals surface area contributed by atoms with Gasteiger partial charge in [-0.05, 0) is 24.2 Å². The van der Waals surface area contributed by atoms with Gasteiger partial charge in [0.15, 0.2) is 0 Å². The van der Waals surface area contributed by atoms with Crippen molar-refractivity contribution < 1.29 is 8.78 Å². The summed E-state index contributed by atoms with van der Waals surface area (Å²) < 4.78 is 28.2. The quantitative estimate of drug-likeness (QED) is 0.745. The number of rotatable bonds is 7. The molecule has 1 N–H and O–H groups in total. The molecule has 2 aromatic rings. The molecule has 4 heteroatoms. The van der Waals surface area contributed by atoms with E-state index in [1.54, 1.807) is 18.2 Å². The van der Waals surface area contributed by atoms with Gasteiger partial charge in [-0.2, -0.15) is 0 Å². The average molecular weight is 307 g/mol. The third-order valence-corrected chi connectivity index (χ3v) is 4.19. The van der Waals surface area contributed by atoms with Gasteiger partial charge in [-0.25, -0.2) is 8.78 Å². The van der Waals surface area contributed by atoms with Crippen LogP contribution in [0, 0.1) is 0 Å². The smallest absolute Gasteiger partial charge is 0.282 e. The first-order chi connectivity index (χ1) is 10.1. The number of hydrogen-bond acceptors (Lipinski definition) is 2. The van der Waals surface area contributed by atoms with Crippen molar-refractivity contribution in [2.24, 2.45) is 0 Å². The highest BCUT2D eigenvalue weighted by Crippen LogP contribution is 2.34. The minimum Gasteiger partial charge on any atom is -0.313 e. The van der Waals surface area contributed by atoms with Crippen LogP contribution in [0.25, 0.3) is 0 Å². The monoisotopic (exact) mass is 307 g/mol. The number of nitrogens with one attached hydrogen (secondary N) is 1. The summed E-state index contributed by atoms with van der Waals surface area (Å²) in [6.45, 7) is 3.70. The molecular formula is C17H19F2NS. The minimum atomic E-state index is -2.82. The third-order valence-electron chi connectivity index (χ3n) is 3.09. The highest BCUT2D eigenvalue weighted by molar-refractivity contribution is 7.99. The molecule has 0 aromatic heterocycles. The van der Waals surface area contributed by atoms with Gasteiger partial charge in [-0.1, -0.05) is 49.4 Å². The first kappa shape index (κ1) is 16.0. The number of benzene rings is 2. The van der Waals surface area contributed by atoms with E-state index < -0.39 is 5.92 Å². The van der Waals surface area contributed by atoms with Gasteiger partial charge in [0.05, 0.1) is 5.75 Å². The maximum absolute atomic E-state index is 14.1. The minimum absolute atomic E-state index is 0.0707. The lowest BCUT2D eigenvalue weighted by molar-refractivity contribution is 0.0232. The molecule has 0 radical (unpaired) electrons. The van der Waals surface area contributed by atoms with Gasteiger partial charge >= 0.3 is 0 Å². The molecule has 0 heterocycles. The Bertz CT molecular complexity index is 558. The number of thioether (sulfide) groups is 1. The van der Waals surface area contributed by atoms with Gasteiger partial charge in [0.1, 0.15) is 0 Å². The molecule has 0 bridgehead atoms. The van der Waals surface area contributed by atoms with Crippen LogP contribution < -0.4 is 5.32 Å². The van der Waals surface area contributed by atoms with Crippen LogP contribution in [-0.4, -0.2) is 12.3 Å². The fraction of sp³-hybridized carbons (Fsp3) is 0.294. The van der Waals surface area contributed by atoms with Crippen LogP contribution in [0.1, 0.15) is 18.1 Å². The molecule has 112 valence electrons. The summed E-state index contributed by atoms with van der Waals surface area (Å²) >= 11 is 1.19. The van der Waals surface area contributed by atoms with Crippen molar-refractivity contribution in [3.05, 3.63) is 65.7 Å². The van der Waals surface area contributed by atoms with Crippen LogP contribution in [0.2, 0.25) is 0 Å². The molecule has 0 aliphatic rings. The van der Waals surface area contributed by atoms with Crippen LogP contribution in [0.15, 0.2) is 59.5 Å². The zero-order valence-electron chi connectivity index (χ0n) is 12.0. The Hall–Kier alpha value is -1.39. The van der Waals surface area contributed by atoms with Crippen molar-refractivity contribution in [3.8, 4) is 0 Å². The Morgan fingerprint density at radius 2 is 1.81 bits per heavy atom. The summed E-state index contributed by atoms with van der Waals surface area (Å²) in [4.78, 5) is 0.876. The first-order valence-corrected chi connectivity index (χ1v) is 7.96. The van der Waals surface area contributed by atoms with Crippen LogP contribution in [0.3, 0.4) is 0 Å². The molecule has 0 spiro atoms.